The van der Waals surface area contributed by atoms with Gasteiger partial charge in [-0.05, 0) is 13.0 Å². The van der Waals surface area contributed by atoms with Crippen molar-refractivity contribution in [2.45, 2.75) is 19.4 Å². The quantitative estimate of drug-likeness (QED) is 0.505. The fourth-order valence-electron chi connectivity index (χ4n) is 1.59. The van der Waals surface area contributed by atoms with Gasteiger partial charge in [0.25, 0.3) is 5.91 Å². The van der Waals surface area contributed by atoms with E-state index in [9.17, 15) is 9.59 Å². The summed E-state index contributed by atoms with van der Waals surface area (Å²) < 4.78 is 5.22. The Morgan fingerprint density at radius 2 is 2.24 bits per heavy atom. The Bertz CT molecular complexity index is 271. The minimum absolute atomic E-state index is 0.0385. The van der Waals surface area contributed by atoms with Crippen molar-refractivity contribution in [2.75, 3.05) is 26.4 Å². The highest BCUT2D eigenvalue weighted by Gasteiger charge is 2.33. The summed E-state index contributed by atoms with van der Waals surface area (Å²) in [7, 11) is 0. The smallest absolute Gasteiger partial charge is 0.332 e. The summed E-state index contributed by atoms with van der Waals surface area (Å²) in [5, 5.41) is 11.6. The van der Waals surface area contributed by atoms with Gasteiger partial charge < -0.3 is 15.2 Å². The highest BCUT2D eigenvalue weighted by atomic mass is 16.7. The number of carbonyl (C=O) groups excluding carboxylic acids is 1. The maximum Gasteiger partial charge on any atom is 0.332 e. The van der Waals surface area contributed by atoms with Gasteiger partial charge in [0.05, 0.1) is 19.1 Å². The summed E-state index contributed by atoms with van der Waals surface area (Å²) in [6.45, 7) is 3.11. The van der Waals surface area contributed by atoms with Gasteiger partial charge in [-0.25, -0.2) is 10.3 Å². The molecule has 0 aromatic carbocycles. The fraction of sp³-hybridized carbons (Fsp3) is 0.800. The number of hydrogen-bond acceptors (Lipinski definition) is 5. The molecule has 0 aliphatic carbocycles. The van der Waals surface area contributed by atoms with Crippen molar-refractivity contribution in [3.8, 4) is 0 Å². The van der Waals surface area contributed by atoms with Crippen LogP contribution in [0, 0.1) is 5.92 Å². The zero-order valence-electron chi connectivity index (χ0n) is 9.77. The molecule has 0 aromatic heterocycles. The van der Waals surface area contributed by atoms with E-state index in [0.717, 1.165) is 13.0 Å². The predicted octanol–water partition coefficient (Wildman–Crippen LogP) is -0.867. The summed E-state index contributed by atoms with van der Waals surface area (Å²) >= 11 is 0. The van der Waals surface area contributed by atoms with Gasteiger partial charge in [-0.1, -0.05) is 6.92 Å². The van der Waals surface area contributed by atoms with Crippen molar-refractivity contribution in [2.24, 2.45) is 5.92 Å². The standard InChI is InChI=1S/C10H18N2O5/c1-2-3-11-8-5-16-4-7(8)10(15)12-17-6-9(13)14/h7-8,11H,2-6H2,1H3,(H,12,15)(H,13,14). The minimum Gasteiger partial charge on any atom is -0.479 e. The third kappa shape index (κ3) is 4.68. The van der Waals surface area contributed by atoms with E-state index in [1.165, 1.54) is 0 Å². The molecule has 3 N–H and O–H groups in total. The lowest BCUT2D eigenvalue weighted by Gasteiger charge is -2.17. The topological polar surface area (TPSA) is 96.9 Å². The van der Waals surface area contributed by atoms with E-state index in [-0.39, 0.29) is 17.9 Å². The highest BCUT2D eigenvalue weighted by molar-refractivity contribution is 5.79. The van der Waals surface area contributed by atoms with Crippen LogP contribution < -0.4 is 10.8 Å². The van der Waals surface area contributed by atoms with Crippen LogP contribution in [0.3, 0.4) is 0 Å². The lowest BCUT2D eigenvalue weighted by molar-refractivity contribution is -0.150. The molecule has 0 spiro atoms. The second-order valence-electron chi connectivity index (χ2n) is 3.85. The normalized spacial score (nSPS) is 23.6. The van der Waals surface area contributed by atoms with Gasteiger partial charge in [-0.3, -0.25) is 9.63 Å². The molecular formula is C10H18N2O5. The summed E-state index contributed by atoms with van der Waals surface area (Å²) in [6, 6.07) is -0.0385. The second-order valence-corrected chi connectivity index (χ2v) is 3.85. The van der Waals surface area contributed by atoms with Crippen LogP contribution in [0.25, 0.3) is 0 Å². The largest absolute Gasteiger partial charge is 0.479 e. The molecule has 0 saturated carbocycles. The van der Waals surface area contributed by atoms with Crippen LogP contribution in [0.1, 0.15) is 13.3 Å². The zero-order valence-corrected chi connectivity index (χ0v) is 9.77. The van der Waals surface area contributed by atoms with Crippen LogP contribution in [0.15, 0.2) is 0 Å². The number of carboxylic acids is 1. The van der Waals surface area contributed by atoms with E-state index < -0.39 is 12.6 Å². The van der Waals surface area contributed by atoms with Crippen molar-refractivity contribution in [3.63, 3.8) is 0 Å². The molecule has 0 aromatic rings. The summed E-state index contributed by atoms with van der Waals surface area (Å²) in [5.74, 6) is -1.82. The number of carboxylic acid groups (broad SMARTS) is 1. The van der Waals surface area contributed by atoms with Crippen molar-refractivity contribution in [1.82, 2.24) is 10.8 Å². The van der Waals surface area contributed by atoms with Crippen LogP contribution >= 0.6 is 0 Å². The van der Waals surface area contributed by atoms with Crippen LogP contribution in [-0.4, -0.2) is 49.4 Å². The van der Waals surface area contributed by atoms with Gasteiger partial charge in [0.15, 0.2) is 6.61 Å². The number of amides is 1. The Kier molecular flexibility index (Phi) is 5.88. The molecule has 0 bridgehead atoms. The van der Waals surface area contributed by atoms with Crippen molar-refractivity contribution >= 4 is 11.9 Å². The van der Waals surface area contributed by atoms with Gasteiger partial charge in [0.1, 0.15) is 0 Å². The van der Waals surface area contributed by atoms with Gasteiger partial charge in [0, 0.05) is 6.04 Å². The van der Waals surface area contributed by atoms with Gasteiger partial charge in [0.2, 0.25) is 0 Å². The Hall–Kier alpha value is -1.18. The van der Waals surface area contributed by atoms with E-state index in [1.54, 1.807) is 0 Å². The number of ether oxygens (including phenoxy) is 1. The van der Waals surface area contributed by atoms with Crippen LogP contribution in [0.4, 0.5) is 0 Å². The molecule has 17 heavy (non-hydrogen) atoms. The number of carbonyl (C=O) groups is 2. The maximum absolute atomic E-state index is 11.7. The van der Waals surface area contributed by atoms with Crippen LogP contribution in [0.5, 0.6) is 0 Å². The Balaban J connectivity index is 2.31. The summed E-state index contributed by atoms with van der Waals surface area (Å²) in [6.07, 6.45) is 0.973. The Morgan fingerprint density at radius 3 is 2.88 bits per heavy atom. The average molecular weight is 246 g/mol. The molecule has 1 heterocycles. The summed E-state index contributed by atoms with van der Waals surface area (Å²) in [5.41, 5.74) is 2.12. The number of hydrogen-bond donors (Lipinski definition) is 3. The molecule has 7 heteroatoms. The molecule has 1 saturated heterocycles. The van der Waals surface area contributed by atoms with Crippen molar-refractivity contribution in [3.05, 3.63) is 0 Å². The van der Waals surface area contributed by atoms with Crippen molar-refractivity contribution in [1.29, 1.82) is 0 Å². The highest BCUT2D eigenvalue weighted by Crippen LogP contribution is 2.13. The molecule has 0 radical (unpaired) electrons. The Morgan fingerprint density at radius 1 is 1.47 bits per heavy atom. The zero-order chi connectivity index (χ0) is 12.7. The third-order valence-corrected chi connectivity index (χ3v) is 2.44. The average Bonchev–Trinajstić information content (AvgIpc) is 2.73. The number of hydroxylamine groups is 1. The van der Waals surface area contributed by atoms with E-state index >= 15 is 0 Å². The molecule has 1 fully saturated rings. The van der Waals surface area contributed by atoms with Gasteiger partial charge >= 0.3 is 5.97 Å². The van der Waals surface area contributed by atoms with Gasteiger partial charge in [-0.15, -0.1) is 0 Å². The molecule has 1 aliphatic heterocycles. The monoisotopic (exact) mass is 246 g/mol. The molecule has 7 nitrogen and oxygen atoms in total. The first-order valence-electron chi connectivity index (χ1n) is 5.59. The van der Waals surface area contributed by atoms with Crippen molar-refractivity contribution < 1.29 is 24.3 Å². The SMILES string of the molecule is CCCNC1COCC1C(=O)NOCC(=O)O. The predicted molar refractivity (Wildman–Crippen MR) is 58.1 cm³/mol. The third-order valence-electron chi connectivity index (χ3n) is 2.44. The fourth-order valence-corrected chi connectivity index (χ4v) is 1.59. The second kappa shape index (κ2) is 7.21. The number of nitrogens with one attached hydrogen (secondary N) is 2. The molecule has 98 valence electrons. The molecule has 2 atom stereocenters. The van der Waals surface area contributed by atoms with Crippen LogP contribution in [0.2, 0.25) is 0 Å². The molecular weight excluding hydrogens is 228 g/mol. The van der Waals surface area contributed by atoms with E-state index in [0.29, 0.717) is 13.2 Å². The minimum atomic E-state index is -1.13. The van der Waals surface area contributed by atoms with Gasteiger partial charge in [-0.2, -0.15) is 0 Å². The lowest BCUT2D eigenvalue weighted by atomic mass is 10.0. The lowest BCUT2D eigenvalue weighted by Crippen LogP contribution is -2.44. The number of aliphatic carboxylic acids is 1. The molecule has 1 aliphatic rings. The number of rotatable bonds is 7. The van der Waals surface area contributed by atoms with Crippen LogP contribution in [-0.2, 0) is 19.2 Å². The summed E-state index contributed by atoms with van der Waals surface area (Å²) in [4.78, 5) is 26.4. The van der Waals surface area contributed by atoms with E-state index in [2.05, 4.69) is 15.6 Å². The maximum atomic E-state index is 11.7. The molecule has 1 amide bonds. The first kappa shape index (κ1) is 13.9. The van der Waals surface area contributed by atoms with E-state index in [1.807, 2.05) is 6.92 Å². The van der Waals surface area contributed by atoms with E-state index in [4.69, 9.17) is 9.84 Å². The Labute approximate surface area is 99.4 Å². The first-order chi connectivity index (χ1) is 8.15. The molecule has 2 unspecified atom stereocenters. The molecule has 1 rings (SSSR count). The first-order valence-corrected chi connectivity index (χ1v) is 5.59.